The van der Waals surface area contributed by atoms with Crippen molar-refractivity contribution >= 4 is 28.8 Å². The van der Waals surface area contributed by atoms with Crippen LogP contribution >= 0.6 is 11.6 Å². The lowest BCUT2D eigenvalue weighted by Gasteiger charge is -2.40. The maximum atomic E-state index is 13.3. The maximum absolute atomic E-state index is 13.3. The molecule has 1 amide bonds. The summed E-state index contributed by atoms with van der Waals surface area (Å²) in [5, 5.41) is 5.43. The number of aromatic nitrogens is 3. The fourth-order valence-corrected chi connectivity index (χ4v) is 5.22. The zero-order chi connectivity index (χ0) is 22.9. The van der Waals surface area contributed by atoms with Crippen molar-refractivity contribution in [2.45, 2.75) is 32.7 Å². The molecule has 2 aromatic heterocycles. The molecular weight excluding hydrogens is 436 g/mol. The predicted octanol–water partition coefficient (Wildman–Crippen LogP) is 3.82. The van der Waals surface area contributed by atoms with Crippen molar-refractivity contribution in [1.29, 1.82) is 0 Å². The minimum absolute atomic E-state index is 0.0155. The van der Waals surface area contributed by atoms with Gasteiger partial charge in [-0.15, -0.1) is 0 Å². The molecule has 2 aliphatic heterocycles. The van der Waals surface area contributed by atoms with Gasteiger partial charge in [0, 0.05) is 68.3 Å². The molecular formula is C25H31ClN6O. The highest BCUT2D eigenvalue weighted by Crippen LogP contribution is 2.30. The average Bonchev–Trinajstić information content (AvgIpc) is 3.28. The van der Waals surface area contributed by atoms with Gasteiger partial charge >= 0.3 is 0 Å². The van der Waals surface area contributed by atoms with Crippen LogP contribution in [-0.2, 0) is 4.79 Å². The van der Waals surface area contributed by atoms with E-state index in [1.807, 2.05) is 35.0 Å². The summed E-state index contributed by atoms with van der Waals surface area (Å²) in [6.07, 6.45) is 5.58. The van der Waals surface area contributed by atoms with Crippen LogP contribution in [0, 0.1) is 5.92 Å². The van der Waals surface area contributed by atoms with Gasteiger partial charge in [0.05, 0.1) is 11.6 Å². The number of amides is 1. The second kappa shape index (κ2) is 9.31. The Morgan fingerprint density at radius 3 is 2.70 bits per heavy atom. The third-order valence-electron chi connectivity index (χ3n) is 6.92. The van der Waals surface area contributed by atoms with Crippen molar-refractivity contribution in [1.82, 2.24) is 24.4 Å². The lowest BCUT2D eigenvalue weighted by molar-refractivity contribution is -0.137. The fourth-order valence-electron chi connectivity index (χ4n) is 5.03. The highest BCUT2D eigenvalue weighted by Gasteiger charge is 2.32. The molecule has 3 aromatic rings. The van der Waals surface area contributed by atoms with Crippen LogP contribution in [0.15, 0.2) is 42.7 Å². The summed E-state index contributed by atoms with van der Waals surface area (Å²) in [6, 6.07) is 10.3. The molecule has 174 valence electrons. The molecule has 4 heterocycles. The number of halogens is 1. The van der Waals surface area contributed by atoms with Crippen LogP contribution in [0.25, 0.3) is 16.8 Å². The molecule has 2 fully saturated rings. The Hall–Kier alpha value is -2.64. The number of anilines is 1. The van der Waals surface area contributed by atoms with Crippen molar-refractivity contribution < 1.29 is 4.79 Å². The molecule has 1 atom stereocenters. The summed E-state index contributed by atoms with van der Waals surface area (Å²) in [7, 11) is 0. The molecule has 0 unspecified atom stereocenters. The molecule has 1 aromatic carbocycles. The summed E-state index contributed by atoms with van der Waals surface area (Å²) < 4.78 is 1.87. The topological polar surface area (TPSA) is 57.0 Å². The standard InChI is InChI=1S/C25H31ClN6O/c1-18(2)29-11-13-30(14-12-29)25(33)20-6-4-9-31(17-20)24-23-16-22(28-32(23)10-8-27-24)19-5-3-7-21(26)15-19/h3,5,7-8,10,15-16,18,20H,4,6,9,11-14,17H2,1-2H3/t20-/m1/s1. The number of rotatable bonds is 4. The minimum atomic E-state index is 0.0155. The van der Waals surface area contributed by atoms with Crippen molar-refractivity contribution in [2.24, 2.45) is 5.92 Å². The monoisotopic (exact) mass is 466 g/mol. The molecule has 2 saturated heterocycles. The second-order valence-electron chi connectivity index (χ2n) is 9.36. The Bertz CT molecular complexity index is 1140. The molecule has 0 N–H and O–H groups in total. The zero-order valence-corrected chi connectivity index (χ0v) is 20.1. The summed E-state index contributed by atoms with van der Waals surface area (Å²) in [6.45, 7) is 9.62. The highest BCUT2D eigenvalue weighted by molar-refractivity contribution is 6.30. The van der Waals surface area contributed by atoms with Gasteiger partial charge in [-0.2, -0.15) is 5.10 Å². The lowest BCUT2D eigenvalue weighted by atomic mass is 9.96. The molecule has 0 radical (unpaired) electrons. The molecule has 8 heteroatoms. The van der Waals surface area contributed by atoms with Gasteiger partial charge in [-0.05, 0) is 44.9 Å². The molecule has 0 spiro atoms. The second-order valence-corrected chi connectivity index (χ2v) is 9.80. The number of piperidine rings is 1. The number of benzene rings is 1. The Balaban J connectivity index is 1.34. The molecule has 0 aliphatic carbocycles. The van der Waals surface area contributed by atoms with Crippen LogP contribution in [0.4, 0.5) is 5.82 Å². The molecule has 0 bridgehead atoms. The van der Waals surface area contributed by atoms with Gasteiger partial charge < -0.3 is 9.80 Å². The summed E-state index contributed by atoms with van der Waals surface area (Å²) in [5.41, 5.74) is 2.79. The maximum Gasteiger partial charge on any atom is 0.227 e. The normalized spacial score (nSPS) is 20.1. The number of carbonyl (C=O) groups is 1. The summed E-state index contributed by atoms with van der Waals surface area (Å²) in [4.78, 5) is 24.8. The van der Waals surface area contributed by atoms with E-state index in [1.54, 1.807) is 6.20 Å². The van der Waals surface area contributed by atoms with E-state index in [-0.39, 0.29) is 5.92 Å². The first-order valence-corrected chi connectivity index (χ1v) is 12.3. The first kappa shape index (κ1) is 22.2. The fraction of sp³-hybridized carbons (Fsp3) is 0.480. The molecule has 7 nitrogen and oxygen atoms in total. The molecule has 33 heavy (non-hydrogen) atoms. The van der Waals surface area contributed by atoms with Crippen molar-refractivity contribution in [2.75, 3.05) is 44.2 Å². The van der Waals surface area contributed by atoms with Gasteiger partial charge in [-0.1, -0.05) is 23.7 Å². The molecule has 5 rings (SSSR count). The Labute approximate surface area is 199 Å². The number of fused-ring (bicyclic) bond motifs is 1. The van der Waals surface area contributed by atoms with Gasteiger partial charge in [0.2, 0.25) is 5.91 Å². The van der Waals surface area contributed by atoms with Crippen LogP contribution in [0.1, 0.15) is 26.7 Å². The number of hydrogen-bond donors (Lipinski definition) is 0. The van der Waals surface area contributed by atoms with Crippen molar-refractivity contribution in [3.05, 3.63) is 47.7 Å². The van der Waals surface area contributed by atoms with Crippen molar-refractivity contribution in [3.63, 3.8) is 0 Å². The molecule has 2 aliphatic rings. The quantitative estimate of drug-likeness (QED) is 0.585. The van der Waals surface area contributed by atoms with E-state index in [0.29, 0.717) is 23.5 Å². The zero-order valence-electron chi connectivity index (χ0n) is 19.3. The third kappa shape index (κ3) is 4.57. The Morgan fingerprint density at radius 1 is 1.12 bits per heavy atom. The number of hydrogen-bond acceptors (Lipinski definition) is 5. The highest BCUT2D eigenvalue weighted by atomic mass is 35.5. The third-order valence-corrected chi connectivity index (χ3v) is 7.15. The summed E-state index contributed by atoms with van der Waals surface area (Å²) in [5.74, 6) is 1.20. The van der Waals surface area contributed by atoms with E-state index < -0.39 is 0 Å². The molecule has 0 saturated carbocycles. The Morgan fingerprint density at radius 2 is 1.94 bits per heavy atom. The van der Waals surface area contributed by atoms with Crippen molar-refractivity contribution in [3.8, 4) is 11.3 Å². The van der Waals surface area contributed by atoms with Gasteiger partial charge in [-0.3, -0.25) is 9.69 Å². The van der Waals surface area contributed by atoms with Gasteiger partial charge in [0.15, 0.2) is 5.82 Å². The van der Waals surface area contributed by atoms with E-state index in [9.17, 15) is 4.79 Å². The number of nitrogens with zero attached hydrogens (tertiary/aromatic N) is 6. The van der Waals surface area contributed by atoms with Gasteiger partial charge in [0.25, 0.3) is 0 Å². The van der Waals surface area contributed by atoms with Crippen LogP contribution in [-0.4, -0.2) is 75.6 Å². The van der Waals surface area contributed by atoms with Gasteiger partial charge in [0.1, 0.15) is 5.52 Å². The largest absolute Gasteiger partial charge is 0.354 e. The average molecular weight is 467 g/mol. The lowest BCUT2D eigenvalue weighted by Crippen LogP contribution is -2.53. The number of carbonyl (C=O) groups excluding carboxylic acids is 1. The van der Waals surface area contributed by atoms with Crippen LogP contribution < -0.4 is 4.90 Å². The first-order chi connectivity index (χ1) is 16.0. The summed E-state index contributed by atoms with van der Waals surface area (Å²) >= 11 is 6.19. The Kier molecular flexibility index (Phi) is 6.25. The number of piperazine rings is 1. The van der Waals surface area contributed by atoms with Gasteiger partial charge in [-0.25, -0.2) is 9.50 Å². The van der Waals surface area contributed by atoms with E-state index >= 15 is 0 Å². The predicted molar refractivity (Wildman–Crippen MR) is 132 cm³/mol. The SMILES string of the molecule is CC(C)N1CCN(C(=O)[C@@H]2CCCN(c3nccn4nc(-c5cccc(Cl)c5)cc34)C2)CC1. The minimum Gasteiger partial charge on any atom is -0.354 e. The van der Waals surface area contributed by atoms with E-state index in [1.165, 1.54) is 0 Å². The van der Waals surface area contributed by atoms with E-state index in [4.69, 9.17) is 21.7 Å². The van der Waals surface area contributed by atoms with E-state index in [0.717, 1.165) is 68.2 Å². The van der Waals surface area contributed by atoms with E-state index in [2.05, 4.69) is 34.6 Å². The van der Waals surface area contributed by atoms with Crippen LogP contribution in [0.5, 0.6) is 0 Å². The smallest absolute Gasteiger partial charge is 0.227 e. The van der Waals surface area contributed by atoms with Crippen LogP contribution in [0.2, 0.25) is 5.02 Å². The van der Waals surface area contributed by atoms with Crippen LogP contribution in [0.3, 0.4) is 0 Å². The first-order valence-electron chi connectivity index (χ1n) is 11.9.